The molecule has 4 rings (SSSR count). The van der Waals surface area contributed by atoms with Crippen molar-refractivity contribution in [2.24, 2.45) is 0 Å². The second kappa shape index (κ2) is 8.81. The number of imide groups is 1. The van der Waals surface area contributed by atoms with E-state index in [1.54, 1.807) is 6.07 Å². The normalized spacial score (nSPS) is 21.1. The number of carbonyl (C=O) groups excluding carboxylic acids is 3. The number of fused-ring (bicyclic) bond motifs is 1. The van der Waals surface area contributed by atoms with E-state index in [-0.39, 0.29) is 24.7 Å². The Bertz CT molecular complexity index is 999. The first-order valence-corrected chi connectivity index (χ1v) is 10.1. The number of halogens is 2. The lowest BCUT2D eigenvalue weighted by Gasteiger charge is -2.46. The van der Waals surface area contributed by atoms with E-state index in [0.29, 0.717) is 18.5 Å². The Morgan fingerprint density at radius 2 is 1.84 bits per heavy atom. The number of carbonyl (C=O) groups is 3. The molecule has 7 nitrogen and oxygen atoms in total. The highest BCUT2D eigenvalue weighted by Gasteiger charge is 2.47. The number of rotatable bonds is 5. The number of amides is 4. The van der Waals surface area contributed by atoms with Gasteiger partial charge in [0.05, 0.1) is 18.3 Å². The highest BCUT2D eigenvalue weighted by molar-refractivity contribution is 6.02. The molecule has 31 heavy (non-hydrogen) atoms. The second-order valence-corrected chi connectivity index (χ2v) is 7.63. The fraction of sp³-hybridized carbons (Fsp3) is 0.318. The van der Waals surface area contributed by atoms with Gasteiger partial charge in [0.25, 0.3) is 0 Å². The van der Waals surface area contributed by atoms with E-state index >= 15 is 0 Å². The fourth-order valence-electron chi connectivity index (χ4n) is 4.03. The van der Waals surface area contributed by atoms with Gasteiger partial charge in [-0.15, -0.1) is 0 Å². The van der Waals surface area contributed by atoms with E-state index in [4.69, 9.17) is 0 Å². The van der Waals surface area contributed by atoms with Crippen molar-refractivity contribution in [2.75, 3.05) is 18.4 Å². The number of nitrogens with one attached hydrogen (secondary N) is 2. The number of urea groups is 1. The number of hydrogen-bond acceptors (Lipinski definition) is 4. The van der Waals surface area contributed by atoms with Gasteiger partial charge in [0.1, 0.15) is 24.2 Å². The van der Waals surface area contributed by atoms with Gasteiger partial charge in [-0.2, -0.15) is 0 Å². The maximum absolute atomic E-state index is 13.9. The van der Waals surface area contributed by atoms with E-state index < -0.39 is 35.7 Å². The van der Waals surface area contributed by atoms with Crippen LogP contribution in [0.2, 0.25) is 0 Å². The number of para-hydroxylation sites is 1. The number of benzene rings is 2. The van der Waals surface area contributed by atoms with Gasteiger partial charge in [-0.05, 0) is 49.2 Å². The van der Waals surface area contributed by atoms with Crippen molar-refractivity contribution in [1.82, 2.24) is 15.1 Å². The third-order valence-electron chi connectivity index (χ3n) is 5.55. The molecular weight excluding hydrogens is 406 g/mol. The Balaban J connectivity index is 1.55. The van der Waals surface area contributed by atoms with Gasteiger partial charge in [0.15, 0.2) is 0 Å². The summed E-state index contributed by atoms with van der Waals surface area (Å²) in [7, 11) is 0. The van der Waals surface area contributed by atoms with Crippen LogP contribution in [-0.4, -0.2) is 52.8 Å². The summed E-state index contributed by atoms with van der Waals surface area (Å²) in [5.74, 6) is -1.92. The molecule has 2 aromatic rings. The zero-order chi connectivity index (χ0) is 22.0. The Kier molecular flexibility index (Phi) is 5.94. The molecule has 0 bridgehead atoms. The Morgan fingerprint density at radius 3 is 2.58 bits per heavy atom. The number of anilines is 1. The van der Waals surface area contributed by atoms with Crippen molar-refractivity contribution in [3.05, 3.63) is 65.7 Å². The summed E-state index contributed by atoms with van der Waals surface area (Å²) < 4.78 is 27.1. The first-order valence-electron chi connectivity index (χ1n) is 10.1. The smallest absolute Gasteiger partial charge is 0.322 e. The molecule has 2 aliphatic heterocycles. The Hall–Kier alpha value is -3.33. The quantitative estimate of drug-likeness (QED) is 0.767. The van der Waals surface area contributed by atoms with Gasteiger partial charge in [0, 0.05) is 0 Å². The summed E-state index contributed by atoms with van der Waals surface area (Å²) in [6.07, 6.45) is 1.33. The molecule has 9 heteroatoms. The van der Waals surface area contributed by atoms with Crippen molar-refractivity contribution in [3.63, 3.8) is 0 Å². The lowest BCUT2D eigenvalue weighted by molar-refractivity contribution is -0.138. The van der Waals surface area contributed by atoms with Crippen LogP contribution in [0.3, 0.4) is 0 Å². The summed E-state index contributed by atoms with van der Waals surface area (Å²) in [5, 5.41) is 5.62. The van der Waals surface area contributed by atoms with E-state index in [9.17, 15) is 23.2 Å². The summed E-state index contributed by atoms with van der Waals surface area (Å²) in [4.78, 5) is 41.2. The lowest BCUT2D eigenvalue weighted by atomic mass is 9.93. The van der Waals surface area contributed by atoms with Crippen LogP contribution in [0.5, 0.6) is 0 Å². The molecule has 0 spiro atoms. The van der Waals surface area contributed by atoms with Gasteiger partial charge in [0.2, 0.25) is 11.8 Å². The molecule has 2 N–H and O–H groups in total. The van der Waals surface area contributed by atoms with Crippen LogP contribution in [-0.2, 0) is 16.1 Å². The van der Waals surface area contributed by atoms with Crippen LogP contribution in [0.1, 0.15) is 18.4 Å². The van der Waals surface area contributed by atoms with Gasteiger partial charge < -0.3 is 15.5 Å². The predicted octanol–water partition coefficient (Wildman–Crippen LogP) is 2.49. The second-order valence-electron chi connectivity index (χ2n) is 7.63. The summed E-state index contributed by atoms with van der Waals surface area (Å²) >= 11 is 0. The third-order valence-corrected chi connectivity index (χ3v) is 5.55. The standard InChI is InChI=1S/C22H22F2N4O3/c23-15-9-7-14(8-10-15)12-28-21(30)20-18(6-3-11-25-20)27(22(28)31)13-19(29)26-17-5-2-1-4-16(17)24/h1-2,4-5,7-10,18,20,25H,3,6,11-13H2,(H,26,29). The van der Waals surface area contributed by atoms with E-state index in [0.717, 1.165) is 11.3 Å². The highest BCUT2D eigenvalue weighted by Crippen LogP contribution is 2.26. The largest absolute Gasteiger partial charge is 0.327 e. The molecule has 2 unspecified atom stereocenters. The van der Waals surface area contributed by atoms with Crippen molar-refractivity contribution >= 4 is 23.5 Å². The van der Waals surface area contributed by atoms with Crippen LogP contribution in [0, 0.1) is 11.6 Å². The van der Waals surface area contributed by atoms with Gasteiger partial charge >= 0.3 is 6.03 Å². The van der Waals surface area contributed by atoms with Crippen LogP contribution < -0.4 is 10.6 Å². The molecular formula is C22H22F2N4O3. The minimum Gasteiger partial charge on any atom is -0.322 e. The van der Waals surface area contributed by atoms with Gasteiger partial charge in [-0.3, -0.25) is 14.5 Å². The minimum absolute atomic E-state index is 0.0227. The molecule has 2 heterocycles. The number of hydrogen-bond donors (Lipinski definition) is 2. The zero-order valence-electron chi connectivity index (χ0n) is 16.7. The van der Waals surface area contributed by atoms with Crippen molar-refractivity contribution in [1.29, 1.82) is 0 Å². The fourth-order valence-corrected chi connectivity index (χ4v) is 4.03. The van der Waals surface area contributed by atoms with Crippen molar-refractivity contribution in [2.45, 2.75) is 31.5 Å². The molecule has 0 saturated carbocycles. The lowest BCUT2D eigenvalue weighted by Crippen LogP contribution is -2.70. The van der Waals surface area contributed by atoms with E-state index in [1.807, 2.05) is 0 Å². The van der Waals surface area contributed by atoms with Crippen LogP contribution in [0.4, 0.5) is 19.3 Å². The summed E-state index contributed by atoms with van der Waals surface area (Å²) in [6.45, 7) is 0.276. The monoisotopic (exact) mass is 428 g/mol. The Morgan fingerprint density at radius 1 is 1.10 bits per heavy atom. The molecule has 0 radical (unpaired) electrons. The first-order chi connectivity index (χ1) is 14.9. The Labute approximate surface area is 178 Å². The van der Waals surface area contributed by atoms with Crippen LogP contribution in [0.25, 0.3) is 0 Å². The SMILES string of the molecule is O=C(CN1C(=O)N(Cc2ccc(F)cc2)C(=O)C2NCCCC21)Nc1ccccc1F. The van der Waals surface area contributed by atoms with E-state index in [1.165, 1.54) is 47.4 Å². The van der Waals surface area contributed by atoms with E-state index in [2.05, 4.69) is 10.6 Å². The molecule has 2 aromatic carbocycles. The number of piperidine rings is 1. The predicted molar refractivity (Wildman–Crippen MR) is 109 cm³/mol. The maximum Gasteiger partial charge on any atom is 0.327 e. The average Bonchev–Trinajstić information content (AvgIpc) is 2.77. The van der Waals surface area contributed by atoms with Gasteiger partial charge in [-0.25, -0.2) is 13.6 Å². The first kappa shape index (κ1) is 20.9. The molecule has 0 aromatic heterocycles. The number of nitrogens with zero attached hydrogens (tertiary/aromatic N) is 2. The zero-order valence-corrected chi connectivity index (χ0v) is 16.7. The molecule has 2 atom stereocenters. The summed E-state index contributed by atoms with van der Waals surface area (Å²) in [6, 6.07) is 9.60. The highest BCUT2D eigenvalue weighted by atomic mass is 19.1. The average molecular weight is 428 g/mol. The van der Waals surface area contributed by atoms with Crippen LogP contribution in [0.15, 0.2) is 48.5 Å². The van der Waals surface area contributed by atoms with Gasteiger partial charge in [-0.1, -0.05) is 24.3 Å². The topological polar surface area (TPSA) is 81.8 Å². The molecule has 2 aliphatic rings. The van der Waals surface area contributed by atoms with Crippen molar-refractivity contribution in [3.8, 4) is 0 Å². The molecule has 2 saturated heterocycles. The minimum atomic E-state index is -0.631. The molecule has 2 fully saturated rings. The molecule has 4 amide bonds. The summed E-state index contributed by atoms with van der Waals surface area (Å²) in [5.41, 5.74) is 0.614. The molecule has 162 valence electrons. The van der Waals surface area contributed by atoms with Crippen LogP contribution >= 0.6 is 0 Å². The third kappa shape index (κ3) is 4.41. The van der Waals surface area contributed by atoms with Crippen molar-refractivity contribution < 1.29 is 23.2 Å². The molecule has 0 aliphatic carbocycles. The maximum atomic E-state index is 13.9.